The SMILES string of the molecule is CN(C)S(=O)(=O)c1ccc(NC(=O)CSc2nnc(-c3ccc4c(c3)OCO4)o2)cc1. The first-order valence-corrected chi connectivity index (χ1v) is 11.4. The molecule has 31 heavy (non-hydrogen) atoms. The number of amides is 1. The molecule has 4 rings (SSSR count). The highest BCUT2D eigenvalue weighted by Crippen LogP contribution is 2.36. The fourth-order valence-electron chi connectivity index (χ4n) is 2.66. The Kier molecular flexibility index (Phi) is 5.85. The number of aromatic nitrogens is 2. The Morgan fingerprint density at radius 2 is 1.84 bits per heavy atom. The van der Waals surface area contributed by atoms with Crippen molar-refractivity contribution in [3.05, 3.63) is 42.5 Å². The van der Waals surface area contributed by atoms with E-state index < -0.39 is 10.0 Å². The molecule has 1 N–H and O–H groups in total. The van der Waals surface area contributed by atoms with Crippen molar-refractivity contribution < 1.29 is 27.1 Å². The molecule has 0 atom stereocenters. The number of thioether (sulfide) groups is 1. The van der Waals surface area contributed by atoms with Gasteiger partial charge in [-0.2, -0.15) is 0 Å². The molecule has 1 aromatic heterocycles. The number of carbonyl (C=O) groups excluding carboxylic acids is 1. The molecule has 10 nitrogen and oxygen atoms in total. The van der Waals surface area contributed by atoms with Crippen LogP contribution < -0.4 is 14.8 Å². The van der Waals surface area contributed by atoms with E-state index in [-0.39, 0.29) is 28.6 Å². The molecule has 0 saturated heterocycles. The maximum Gasteiger partial charge on any atom is 0.277 e. The fraction of sp³-hybridized carbons (Fsp3) is 0.211. The number of anilines is 1. The van der Waals surface area contributed by atoms with E-state index in [0.717, 1.165) is 16.1 Å². The van der Waals surface area contributed by atoms with Crippen LogP contribution in [-0.4, -0.2) is 55.5 Å². The van der Waals surface area contributed by atoms with E-state index in [1.165, 1.54) is 38.4 Å². The third kappa shape index (κ3) is 4.65. The lowest BCUT2D eigenvalue weighted by atomic mass is 10.2. The first-order chi connectivity index (χ1) is 14.8. The van der Waals surface area contributed by atoms with Gasteiger partial charge in [-0.15, -0.1) is 10.2 Å². The van der Waals surface area contributed by atoms with Gasteiger partial charge in [-0.05, 0) is 42.5 Å². The summed E-state index contributed by atoms with van der Waals surface area (Å²) in [4.78, 5) is 12.3. The zero-order valence-electron chi connectivity index (χ0n) is 16.6. The van der Waals surface area contributed by atoms with Crippen molar-refractivity contribution in [1.82, 2.24) is 14.5 Å². The number of ether oxygens (including phenoxy) is 2. The van der Waals surface area contributed by atoms with Crippen LogP contribution in [0.25, 0.3) is 11.5 Å². The van der Waals surface area contributed by atoms with Crippen LogP contribution in [0.2, 0.25) is 0 Å². The molecule has 3 aromatic rings. The molecule has 0 radical (unpaired) electrons. The molecule has 0 unspecified atom stereocenters. The van der Waals surface area contributed by atoms with E-state index in [9.17, 15) is 13.2 Å². The second-order valence-corrected chi connectivity index (χ2v) is 9.67. The van der Waals surface area contributed by atoms with Gasteiger partial charge in [0.15, 0.2) is 11.5 Å². The molecule has 1 amide bonds. The molecule has 0 aliphatic carbocycles. The molecule has 2 aromatic carbocycles. The number of benzene rings is 2. The quantitative estimate of drug-likeness (QED) is 0.527. The molecule has 0 spiro atoms. The van der Waals surface area contributed by atoms with Crippen molar-refractivity contribution in [2.75, 3.05) is 32.0 Å². The Hall–Kier alpha value is -3.09. The zero-order valence-corrected chi connectivity index (χ0v) is 18.2. The second kappa shape index (κ2) is 8.57. The molecular formula is C19H18N4O6S2. The first-order valence-electron chi connectivity index (χ1n) is 9.02. The summed E-state index contributed by atoms with van der Waals surface area (Å²) in [6.07, 6.45) is 0. The number of hydrogen-bond donors (Lipinski definition) is 1. The third-order valence-corrected chi connectivity index (χ3v) is 6.92. The minimum Gasteiger partial charge on any atom is -0.454 e. The number of sulfonamides is 1. The highest BCUT2D eigenvalue weighted by molar-refractivity contribution is 7.99. The number of fused-ring (bicyclic) bond motifs is 1. The summed E-state index contributed by atoms with van der Waals surface area (Å²) in [7, 11) is -0.606. The summed E-state index contributed by atoms with van der Waals surface area (Å²) < 4.78 is 41.5. The van der Waals surface area contributed by atoms with Gasteiger partial charge in [0.1, 0.15) is 0 Å². The number of nitrogens with zero attached hydrogens (tertiary/aromatic N) is 3. The lowest BCUT2D eigenvalue weighted by Gasteiger charge is -2.11. The van der Waals surface area contributed by atoms with Gasteiger partial charge in [0, 0.05) is 25.3 Å². The predicted molar refractivity (Wildman–Crippen MR) is 113 cm³/mol. The van der Waals surface area contributed by atoms with Gasteiger partial charge in [0.05, 0.1) is 10.6 Å². The van der Waals surface area contributed by atoms with E-state index >= 15 is 0 Å². The number of rotatable bonds is 7. The van der Waals surface area contributed by atoms with Crippen LogP contribution in [0.3, 0.4) is 0 Å². The highest BCUT2D eigenvalue weighted by atomic mass is 32.2. The number of hydrogen-bond acceptors (Lipinski definition) is 9. The van der Waals surface area contributed by atoms with Crippen LogP contribution in [0.5, 0.6) is 11.5 Å². The average Bonchev–Trinajstić information content (AvgIpc) is 3.41. The topological polar surface area (TPSA) is 124 Å². The standard InChI is InChI=1S/C19H18N4O6S2/c1-23(2)31(25,26)14-6-4-13(5-7-14)20-17(24)10-30-19-22-21-18(29-19)12-3-8-15-16(9-12)28-11-27-15/h3-9H,10-11H2,1-2H3,(H,20,24). The summed E-state index contributed by atoms with van der Waals surface area (Å²) in [6.45, 7) is 0.174. The van der Waals surface area contributed by atoms with Crippen molar-refractivity contribution in [2.45, 2.75) is 10.1 Å². The zero-order chi connectivity index (χ0) is 22.0. The molecule has 1 aliphatic rings. The third-order valence-electron chi connectivity index (χ3n) is 4.27. The Morgan fingerprint density at radius 1 is 1.10 bits per heavy atom. The molecule has 12 heteroatoms. The number of carbonyl (C=O) groups is 1. The molecule has 2 heterocycles. The molecule has 0 saturated carbocycles. The van der Waals surface area contributed by atoms with Gasteiger partial charge in [0.25, 0.3) is 5.22 Å². The minimum atomic E-state index is -3.52. The summed E-state index contributed by atoms with van der Waals surface area (Å²) >= 11 is 1.09. The molecule has 0 fully saturated rings. The van der Waals surface area contributed by atoms with Crippen LogP contribution in [0, 0.1) is 0 Å². The van der Waals surface area contributed by atoms with Crippen molar-refractivity contribution in [1.29, 1.82) is 0 Å². The van der Waals surface area contributed by atoms with E-state index in [2.05, 4.69) is 15.5 Å². The molecule has 0 bridgehead atoms. The lowest BCUT2D eigenvalue weighted by molar-refractivity contribution is -0.113. The molecule has 162 valence electrons. The van der Waals surface area contributed by atoms with Gasteiger partial charge in [-0.1, -0.05) is 11.8 Å². The van der Waals surface area contributed by atoms with Crippen LogP contribution in [-0.2, 0) is 14.8 Å². The summed E-state index contributed by atoms with van der Waals surface area (Å²) in [5.74, 6) is 1.31. The minimum absolute atomic E-state index is 0.0422. The van der Waals surface area contributed by atoms with E-state index in [1.54, 1.807) is 18.2 Å². The molecule has 1 aliphatic heterocycles. The summed E-state index contributed by atoms with van der Waals surface area (Å²) in [5, 5.41) is 10.9. The van der Waals surface area contributed by atoms with Crippen molar-refractivity contribution >= 4 is 33.4 Å². The van der Waals surface area contributed by atoms with Gasteiger partial charge >= 0.3 is 0 Å². The average molecular weight is 463 g/mol. The van der Waals surface area contributed by atoms with E-state index in [4.69, 9.17) is 13.9 Å². The van der Waals surface area contributed by atoms with E-state index in [0.29, 0.717) is 28.6 Å². The van der Waals surface area contributed by atoms with Gasteiger partial charge in [-0.25, -0.2) is 12.7 Å². The van der Waals surface area contributed by atoms with Crippen LogP contribution in [0.4, 0.5) is 5.69 Å². The predicted octanol–water partition coefficient (Wildman–Crippen LogP) is 2.45. The van der Waals surface area contributed by atoms with Gasteiger partial charge in [0.2, 0.25) is 28.6 Å². The monoisotopic (exact) mass is 462 g/mol. The van der Waals surface area contributed by atoms with Crippen LogP contribution in [0.15, 0.2) is 57.0 Å². The second-order valence-electron chi connectivity index (χ2n) is 6.59. The normalized spacial score (nSPS) is 12.9. The van der Waals surface area contributed by atoms with Crippen molar-refractivity contribution in [2.24, 2.45) is 0 Å². The summed E-state index contributed by atoms with van der Waals surface area (Å²) in [6, 6.07) is 11.2. The van der Waals surface area contributed by atoms with Crippen LogP contribution in [0.1, 0.15) is 0 Å². The maximum absolute atomic E-state index is 12.2. The fourth-order valence-corrected chi connectivity index (χ4v) is 4.12. The first kappa shape index (κ1) is 21.2. The summed E-state index contributed by atoms with van der Waals surface area (Å²) in [5.41, 5.74) is 1.16. The van der Waals surface area contributed by atoms with Crippen LogP contribution >= 0.6 is 11.8 Å². The lowest BCUT2D eigenvalue weighted by Crippen LogP contribution is -2.22. The van der Waals surface area contributed by atoms with Gasteiger partial charge in [-0.3, -0.25) is 4.79 Å². The van der Waals surface area contributed by atoms with Crippen molar-refractivity contribution in [3.8, 4) is 23.0 Å². The van der Waals surface area contributed by atoms with Crippen molar-refractivity contribution in [3.63, 3.8) is 0 Å². The Morgan fingerprint density at radius 3 is 2.58 bits per heavy atom. The Labute approximate surface area is 182 Å². The number of nitrogens with one attached hydrogen (secondary N) is 1. The Balaban J connectivity index is 1.33. The van der Waals surface area contributed by atoms with Gasteiger partial charge < -0.3 is 19.2 Å². The highest BCUT2D eigenvalue weighted by Gasteiger charge is 2.18. The van der Waals surface area contributed by atoms with E-state index in [1.807, 2.05) is 0 Å². The largest absolute Gasteiger partial charge is 0.454 e. The maximum atomic E-state index is 12.2. The smallest absolute Gasteiger partial charge is 0.277 e. The Bertz CT molecular complexity index is 1210. The molecular weight excluding hydrogens is 444 g/mol.